The number of carbonyl (C=O) groups excluding carboxylic acids is 1. The van der Waals surface area contributed by atoms with Gasteiger partial charge in [0, 0.05) is 40.7 Å². The van der Waals surface area contributed by atoms with Crippen molar-refractivity contribution in [2.75, 3.05) is 6.61 Å². The number of benzene rings is 3. The molecule has 0 spiro atoms. The zero-order valence-electron chi connectivity index (χ0n) is 19.3. The highest BCUT2D eigenvalue weighted by atomic mass is 79.9. The van der Waals surface area contributed by atoms with Crippen LogP contribution in [0, 0.1) is 16.0 Å². The molecule has 1 aliphatic rings. The molecule has 1 saturated heterocycles. The van der Waals surface area contributed by atoms with E-state index in [1.807, 2.05) is 60.7 Å². The average molecular weight is 535 g/mol. The maximum atomic E-state index is 13.7. The molecule has 180 valence electrons. The van der Waals surface area contributed by atoms with Crippen LogP contribution in [0.5, 0.6) is 0 Å². The molecule has 0 saturated carbocycles. The largest absolute Gasteiger partial charge is 0.375 e. The Hall–Kier alpha value is -3.13. The fourth-order valence-corrected chi connectivity index (χ4v) is 4.88. The van der Waals surface area contributed by atoms with E-state index in [1.54, 1.807) is 0 Å². The summed E-state index contributed by atoms with van der Waals surface area (Å²) in [5.74, 6) is -0.120. The number of nitro benzene ring substituents is 1. The van der Waals surface area contributed by atoms with E-state index in [-0.39, 0.29) is 23.4 Å². The average Bonchev–Trinajstić information content (AvgIpc) is 3.22. The quantitative estimate of drug-likeness (QED) is 0.134. The summed E-state index contributed by atoms with van der Waals surface area (Å²) in [6, 6.07) is 23.5. The van der Waals surface area contributed by atoms with Gasteiger partial charge in [-0.05, 0) is 41.8 Å². The maximum absolute atomic E-state index is 13.7. The molecule has 0 aromatic heterocycles. The van der Waals surface area contributed by atoms with Crippen LogP contribution in [0.3, 0.4) is 0 Å². The topological polar surface area (TPSA) is 72.7 Å². The van der Waals surface area contributed by atoms with Crippen LogP contribution >= 0.6 is 15.9 Å². The van der Waals surface area contributed by atoms with Gasteiger partial charge in [-0.1, -0.05) is 64.5 Å². The number of nitrogens with zero attached hydrogens (tertiary/aromatic N) is 2. The third-order valence-electron chi connectivity index (χ3n) is 6.41. The number of ketones is 1. The molecular formula is C28H27BrN2O4. The van der Waals surface area contributed by atoms with Crippen molar-refractivity contribution in [3.05, 3.63) is 123 Å². The number of ether oxygens (including phenoxy) is 1. The van der Waals surface area contributed by atoms with Gasteiger partial charge in [0.1, 0.15) is 0 Å². The summed E-state index contributed by atoms with van der Waals surface area (Å²) in [6.45, 7) is 5.58. The van der Waals surface area contributed by atoms with Crippen LogP contribution in [0.4, 0.5) is 5.69 Å². The lowest BCUT2D eigenvalue weighted by atomic mass is 9.92. The van der Waals surface area contributed by atoms with Crippen molar-refractivity contribution in [1.29, 1.82) is 0 Å². The minimum atomic E-state index is -0.462. The summed E-state index contributed by atoms with van der Waals surface area (Å²) in [7, 11) is 0. The molecule has 0 unspecified atom stereocenters. The molecule has 0 amide bonds. The zero-order chi connectivity index (χ0) is 24.8. The van der Waals surface area contributed by atoms with Gasteiger partial charge in [-0.2, -0.15) is 0 Å². The van der Waals surface area contributed by atoms with Crippen LogP contribution in [0.2, 0.25) is 0 Å². The molecule has 0 bridgehead atoms. The Bertz CT molecular complexity index is 1170. The maximum Gasteiger partial charge on any atom is 0.269 e. The van der Waals surface area contributed by atoms with Crippen molar-refractivity contribution in [3.8, 4) is 0 Å². The van der Waals surface area contributed by atoms with Gasteiger partial charge >= 0.3 is 0 Å². The van der Waals surface area contributed by atoms with Crippen LogP contribution in [0.25, 0.3) is 0 Å². The molecule has 3 aromatic carbocycles. The van der Waals surface area contributed by atoms with E-state index in [1.165, 1.54) is 24.3 Å². The van der Waals surface area contributed by atoms with Crippen molar-refractivity contribution < 1.29 is 14.5 Å². The van der Waals surface area contributed by atoms with Crippen LogP contribution in [-0.4, -0.2) is 34.3 Å². The first-order chi connectivity index (χ1) is 17.0. The highest BCUT2D eigenvalue weighted by molar-refractivity contribution is 9.10. The minimum Gasteiger partial charge on any atom is -0.375 e. The molecule has 1 heterocycles. The molecule has 7 heteroatoms. The summed E-state index contributed by atoms with van der Waals surface area (Å²) < 4.78 is 7.08. The summed E-state index contributed by atoms with van der Waals surface area (Å²) in [4.78, 5) is 26.5. The van der Waals surface area contributed by atoms with Gasteiger partial charge in [0.05, 0.1) is 24.2 Å². The lowest BCUT2D eigenvalue weighted by molar-refractivity contribution is -0.384. The van der Waals surface area contributed by atoms with E-state index in [4.69, 9.17) is 4.74 Å². The summed E-state index contributed by atoms with van der Waals surface area (Å²) >= 11 is 3.48. The SMILES string of the molecule is C=C[C@@H]1C[C@H](COCc2ccccc2)N(Cc2ccc(Br)cc2)[C@H]1C(=O)c1ccc([N+](=O)[O-])cc1. The van der Waals surface area contributed by atoms with Crippen molar-refractivity contribution in [2.24, 2.45) is 5.92 Å². The van der Waals surface area contributed by atoms with E-state index < -0.39 is 11.0 Å². The van der Waals surface area contributed by atoms with Crippen LogP contribution < -0.4 is 0 Å². The number of nitro groups is 1. The number of carbonyl (C=O) groups is 1. The summed E-state index contributed by atoms with van der Waals surface area (Å²) in [5, 5.41) is 11.0. The third kappa shape index (κ3) is 6.11. The van der Waals surface area contributed by atoms with Crippen LogP contribution in [-0.2, 0) is 17.9 Å². The minimum absolute atomic E-state index is 0.0253. The Morgan fingerprint density at radius 1 is 1.06 bits per heavy atom. The number of hydrogen-bond donors (Lipinski definition) is 0. The van der Waals surface area contributed by atoms with Gasteiger partial charge < -0.3 is 4.74 Å². The lowest BCUT2D eigenvalue weighted by Gasteiger charge is -2.30. The van der Waals surface area contributed by atoms with Gasteiger partial charge in [-0.15, -0.1) is 6.58 Å². The predicted molar refractivity (Wildman–Crippen MR) is 139 cm³/mol. The number of Topliss-reactive ketones (excluding diaryl/α,β-unsaturated/α-hetero) is 1. The number of hydrogen-bond acceptors (Lipinski definition) is 5. The number of likely N-dealkylation sites (tertiary alicyclic amines) is 1. The number of halogens is 1. The van der Waals surface area contributed by atoms with Gasteiger partial charge in [0.2, 0.25) is 0 Å². The fourth-order valence-electron chi connectivity index (χ4n) is 4.62. The number of non-ortho nitro benzene ring substituents is 1. The predicted octanol–water partition coefficient (Wildman–Crippen LogP) is 6.20. The highest BCUT2D eigenvalue weighted by Gasteiger charge is 2.44. The molecule has 1 aliphatic heterocycles. The molecule has 0 aliphatic carbocycles. The first-order valence-electron chi connectivity index (χ1n) is 11.5. The molecule has 0 N–H and O–H groups in total. The van der Waals surface area contributed by atoms with Gasteiger partial charge in [0.15, 0.2) is 5.78 Å². The Morgan fingerprint density at radius 2 is 1.74 bits per heavy atom. The van der Waals surface area contributed by atoms with E-state index in [0.717, 1.165) is 22.0 Å². The molecule has 4 rings (SSSR count). The van der Waals surface area contributed by atoms with Crippen molar-refractivity contribution >= 4 is 27.4 Å². The second-order valence-electron chi connectivity index (χ2n) is 8.70. The third-order valence-corrected chi connectivity index (χ3v) is 6.94. The Morgan fingerprint density at radius 3 is 2.37 bits per heavy atom. The molecule has 6 nitrogen and oxygen atoms in total. The van der Waals surface area contributed by atoms with E-state index in [9.17, 15) is 14.9 Å². The van der Waals surface area contributed by atoms with Gasteiger partial charge in [0.25, 0.3) is 5.69 Å². The molecule has 3 aromatic rings. The molecule has 1 fully saturated rings. The molecule has 35 heavy (non-hydrogen) atoms. The summed E-state index contributed by atoms with van der Waals surface area (Å²) in [6.07, 6.45) is 2.60. The second-order valence-corrected chi connectivity index (χ2v) is 9.62. The summed E-state index contributed by atoms with van der Waals surface area (Å²) in [5.41, 5.74) is 2.61. The lowest BCUT2D eigenvalue weighted by Crippen LogP contribution is -2.43. The standard InChI is InChI=1S/C28H27BrN2O4/c1-2-22-16-26(19-35-18-21-6-4-3-5-7-21)30(17-20-8-12-24(29)13-9-20)27(22)28(32)23-10-14-25(15-11-23)31(33)34/h2-15,22,26-27H,1,16-19H2/t22-,26-,27-/m1/s1. The normalized spacial score (nSPS) is 20.0. The van der Waals surface area contributed by atoms with Gasteiger partial charge in [-0.25, -0.2) is 0 Å². The smallest absolute Gasteiger partial charge is 0.269 e. The highest BCUT2D eigenvalue weighted by Crippen LogP contribution is 2.35. The van der Waals surface area contributed by atoms with Gasteiger partial charge in [-0.3, -0.25) is 19.8 Å². The van der Waals surface area contributed by atoms with Crippen LogP contribution in [0.1, 0.15) is 27.9 Å². The second kappa shape index (κ2) is 11.5. The fraction of sp³-hybridized carbons (Fsp3) is 0.250. The molecule has 0 radical (unpaired) electrons. The monoisotopic (exact) mass is 534 g/mol. The molecule has 3 atom stereocenters. The number of rotatable bonds is 10. The van der Waals surface area contributed by atoms with Crippen molar-refractivity contribution in [2.45, 2.75) is 31.7 Å². The van der Waals surface area contributed by atoms with Crippen LogP contribution in [0.15, 0.2) is 96.0 Å². The van der Waals surface area contributed by atoms with E-state index >= 15 is 0 Å². The Balaban J connectivity index is 1.58. The van der Waals surface area contributed by atoms with Crippen molar-refractivity contribution in [1.82, 2.24) is 4.90 Å². The first kappa shape index (κ1) is 25.0. The molecular weight excluding hydrogens is 508 g/mol. The Labute approximate surface area is 213 Å². The van der Waals surface area contributed by atoms with E-state index in [2.05, 4.69) is 27.4 Å². The first-order valence-corrected chi connectivity index (χ1v) is 12.3. The Kier molecular flexibility index (Phi) is 8.23. The van der Waals surface area contributed by atoms with Crippen molar-refractivity contribution in [3.63, 3.8) is 0 Å². The van der Waals surface area contributed by atoms with E-state index in [0.29, 0.717) is 25.3 Å². The zero-order valence-corrected chi connectivity index (χ0v) is 20.8.